The number of benzene rings is 6. The van der Waals surface area contributed by atoms with Gasteiger partial charge < -0.3 is 18.6 Å². The number of rotatable bonds is 12. The van der Waals surface area contributed by atoms with E-state index in [-0.39, 0.29) is 27.4 Å². The van der Waals surface area contributed by atoms with Crippen LogP contribution in [0.5, 0.6) is 17.2 Å². The van der Waals surface area contributed by atoms with Gasteiger partial charge in [-0.2, -0.15) is 25.3 Å². The summed E-state index contributed by atoms with van der Waals surface area (Å²) in [7, 11) is -21.8. The van der Waals surface area contributed by atoms with Crippen LogP contribution in [0.2, 0.25) is 0 Å². The van der Waals surface area contributed by atoms with Gasteiger partial charge in [-0.1, -0.05) is 72.3 Å². The van der Waals surface area contributed by atoms with Gasteiger partial charge in [0.05, 0.1) is 12.0 Å². The van der Waals surface area contributed by atoms with Gasteiger partial charge in [0, 0.05) is 31.8 Å². The zero-order valence-electron chi connectivity index (χ0n) is 29.3. The van der Waals surface area contributed by atoms with Crippen molar-refractivity contribution in [2.24, 2.45) is 0 Å². The molecule has 0 heterocycles. The molecular weight excluding hydrogens is 823 g/mol. The lowest BCUT2D eigenvalue weighted by molar-refractivity contribution is 0.397. The predicted octanol–water partition coefficient (Wildman–Crippen LogP) is 4.81. The summed E-state index contributed by atoms with van der Waals surface area (Å²) < 4.78 is 146. The van der Waals surface area contributed by atoms with E-state index < -0.39 is 65.1 Å². The van der Waals surface area contributed by atoms with E-state index in [1.165, 1.54) is 18.2 Å². The lowest BCUT2D eigenvalue weighted by Gasteiger charge is -2.23. The smallest absolute Gasteiger partial charge is 0.298 e. The third-order valence-electron chi connectivity index (χ3n) is 8.78. The maximum absolute atomic E-state index is 15.4. The highest BCUT2D eigenvalue weighted by atomic mass is 32.2. The molecule has 6 rings (SSSR count). The van der Waals surface area contributed by atoms with Crippen LogP contribution < -0.4 is 41.3 Å². The van der Waals surface area contributed by atoms with Crippen LogP contribution in [-0.2, 0) is 39.5 Å². The number of aryl methyl sites for hydroxylation is 1. The minimum Gasteiger partial charge on any atom is -0.495 e. The molecule has 13 nitrogen and oxygen atoms in total. The third kappa shape index (κ3) is 8.01. The first-order chi connectivity index (χ1) is 26.3. The molecule has 0 aliphatic carbocycles. The average molecular weight is 855 g/mol. The number of hydrogen-bond acceptors (Lipinski definition) is 10. The van der Waals surface area contributed by atoms with E-state index in [4.69, 9.17) is 9.47 Å². The van der Waals surface area contributed by atoms with Gasteiger partial charge in [-0.25, -0.2) is 0 Å². The molecule has 0 radical (unpaired) electrons. The van der Waals surface area contributed by atoms with Crippen molar-refractivity contribution >= 4 is 76.5 Å². The summed E-state index contributed by atoms with van der Waals surface area (Å²) in [6.07, 6.45) is 0. The van der Waals surface area contributed by atoms with Crippen LogP contribution >= 0.6 is 14.3 Å². The van der Waals surface area contributed by atoms with Crippen molar-refractivity contribution in [2.75, 3.05) is 7.11 Å². The van der Waals surface area contributed by atoms with E-state index in [0.29, 0.717) is 15.9 Å². The average Bonchev–Trinajstić information content (AvgIpc) is 3.17. The summed E-state index contributed by atoms with van der Waals surface area (Å²) in [5.74, 6) is -0.700. The van der Waals surface area contributed by atoms with Gasteiger partial charge in [-0.05, 0) is 79.7 Å². The topological polar surface area (TPSA) is 216 Å². The first-order valence-electron chi connectivity index (χ1n) is 16.2. The fraction of sp³-hybridized carbons (Fsp3) is 0.0526. The van der Waals surface area contributed by atoms with E-state index in [1.807, 2.05) is 19.1 Å². The second-order valence-corrected chi connectivity index (χ2v) is 22.1. The summed E-state index contributed by atoms with van der Waals surface area (Å²) in [6.45, 7) is 1.91. The molecule has 3 N–H and O–H groups in total. The zero-order valence-corrected chi connectivity index (χ0v) is 33.6. The highest BCUT2D eigenvalue weighted by Gasteiger charge is 2.35. The molecule has 0 aliphatic rings. The van der Waals surface area contributed by atoms with Crippen LogP contribution in [0.15, 0.2) is 154 Å². The van der Waals surface area contributed by atoms with Crippen LogP contribution in [0.25, 0.3) is 0 Å². The molecule has 0 aliphatic heterocycles. The van der Waals surface area contributed by atoms with Crippen molar-refractivity contribution in [3.05, 3.63) is 145 Å². The third-order valence-corrected chi connectivity index (χ3v) is 17.5. The Morgan fingerprint density at radius 1 is 0.464 bits per heavy atom. The van der Waals surface area contributed by atoms with E-state index in [2.05, 4.69) is 0 Å². The van der Waals surface area contributed by atoms with Gasteiger partial charge in [0.1, 0.15) is 27.0 Å². The lowest BCUT2D eigenvalue weighted by Crippen LogP contribution is -2.27. The summed E-state index contributed by atoms with van der Waals surface area (Å²) in [4.78, 5) is -2.36. The first-order valence-corrected chi connectivity index (χ1v) is 24.0. The largest absolute Gasteiger partial charge is 0.495 e. The van der Waals surface area contributed by atoms with E-state index in [1.54, 1.807) is 54.6 Å². The maximum Gasteiger partial charge on any atom is 0.298 e. The van der Waals surface area contributed by atoms with Crippen molar-refractivity contribution in [3.8, 4) is 17.2 Å². The number of ether oxygens (including phenoxy) is 2. The zero-order chi connectivity index (χ0) is 40.7. The summed E-state index contributed by atoms with van der Waals surface area (Å²) in [6, 6.07) is 32.6. The highest BCUT2D eigenvalue weighted by molar-refractivity contribution is 7.88. The molecule has 2 atom stereocenters. The Bertz CT molecular complexity index is 2900. The maximum atomic E-state index is 15.4. The van der Waals surface area contributed by atoms with Crippen molar-refractivity contribution in [1.29, 1.82) is 0 Å². The molecule has 6 aromatic rings. The molecule has 0 saturated carbocycles. The standard InChI is InChI=1S/C38H32O13P2S3/c1-26-11-15-29(16-12-26)52(39,28-7-4-3-5-8-28)30-17-13-27(14-18-30)51-36-22-20-33(25-38(36)56(47,48)49)53(40,31-9-6-10-34(23-31)54(41,42)43)32-19-21-35(50-2)37(24-32)55(44,45)46/h3-25H,1-2H3,(H,41,42,43)(H,44,45,46)(H,47,48,49). The molecular formula is C38H32O13P2S3. The summed E-state index contributed by atoms with van der Waals surface area (Å²) >= 11 is 0. The molecule has 18 heteroatoms. The van der Waals surface area contributed by atoms with Crippen LogP contribution in [0.4, 0.5) is 0 Å². The summed E-state index contributed by atoms with van der Waals surface area (Å²) in [5, 5.41) is 0.616. The molecule has 56 heavy (non-hydrogen) atoms. The van der Waals surface area contributed by atoms with Crippen molar-refractivity contribution in [3.63, 3.8) is 0 Å². The Balaban J connectivity index is 1.48. The van der Waals surface area contributed by atoms with E-state index in [0.717, 1.165) is 67.3 Å². The molecule has 0 amide bonds. The Kier molecular flexibility index (Phi) is 11.1. The van der Waals surface area contributed by atoms with Gasteiger partial charge in [0.25, 0.3) is 30.4 Å². The lowest BCUT2D eigenvalue weighted by atomic mass is 10.2. The number of methoxy groups -OCH3 is 1. The second-order valence-electron chi connectivity index (χ2n) is 12.4. The van der Waals surface area contributed by atoms with Gasteiger partial charge in [-0.3, -0.25) is 13.7 Å². The second kappa shape index (κ2) is 15.2. The van der Waals surface area contributed by atoms with Gasteiger partial charge in [0.2, 0.25) is 0 Å². The predicted molar refractivity (Wildman–Crippen MR) is 212 cm³/mol. The minimum atomic E-state index is -5.16. The molecule has 0 spiro atoms. The molecule has 6 aromatic carbocycles. The number of hydrogen-bond donors (Lipinski definition) is 3. The molecule has 0 aromatic heterocycles. The minimum absolute atomic E-state index is 0.0619. The normalized spacial score (nSPS) is 14.3. The monoisotopic (exact) mass is 854 g/mol. The Morgan fingerprint density at radius 3 is 1.41 bits per heavy atom. The van der Waals surface area contributed by atoms with Crippen LogP contribution in [-0.4, -0.2) is 46.0 Å². The van der Waals surface area contributed by atoms with Crippen LogP contribution in [0, 0.1) is 6.92 Å². The quantitative estimate of drug-likeness (QED) is 0.111. The highest BCUT2D eigenvalue weighted by Crippen LogP contribution is 2.46. The fourth-order valence-corrected chi connectivity index (χ4v) is 13.5. The van der Waals surface area contributed by atoms with Crippen molar-refractivity contribution < 1.29 is 57.5 Å². The Hall–Kier alpha value is -4.89. The van der Waals surface area contributed by atoms with E-state index >= 15 is 4.57 Å². The molecule has 0 bridgehead atoms. The summed E-state index contributed by atoms with van der Waals surface area (Å²) in [5.41, 5.74) is 0.979. The Morgan fingerprint density at radius 2 is 0.893 bits per heavy atom. The molecule has 0 saturated heterocycles. The van der Waals surface area contributed by atoms with Crippen LogP contribution in [0.3, 0.4) is 0 Å². The van der Waals surface area contributed by atoms with E-state index in [9.17, 15) is 43.5 Å². The SMILES string of the molecule is COc1ccc(P(=O)(c2cccc(S(=O)(=O)O)c2)c2ccc(Oc3ccc(P(=O)(c4ccccc4)c4ccc(C)cc4)cc3)c(S(=O)(=O)O)c2)cc1S(=O)(=O)O. The Labute approximate surface area is 323 Å². The van der Waals surface area contributed by atoms with Gasteiger partial charge in [0.15, 0.2) is 14.3 Å². The van der Waals surface area contributed by atoms with Gasteiger partial charge >= 0.3 is 0 Å². The first kappa shape index (κ1) is 40.8. The molecule has 0 fully saturated rings. The van der Waals surface area contributed by atoms with Gasteiger partial charge in [-0.15, -0.1) is 0 Å². The van der Waals surface area contributed by atoms with Crippen molar-refractivity contribution in [2.45, 2.75) is 21.6 Å². The molecule has 2 unspecified atom stereocenters. The van der Waals surface area contributed by atoms with Crippen molar-refractivity contribution in [1.82, 2.24) is 0 Å². The fourth-order valence-electron chi connectivity index (χ4n) is 6.02. The molecule has 290 valence electrons. The van der Waals surface area contributed by atoms with Crippen LogP contribution in [0.1, 0.15) is 5.56 Å².